The van der Waals surface area contributed by atoms with Crippen LogP contribution in [0.4, 0.5) is 8.78 Å². The Morgan fingerprint density at radius 1 is 1.50 bits per heavy atom. The Kier molecular flexibility index (Phi) is 3.04. The van der Waals surface area contributed by atoms with Gasteiger partial charge in [-0.25, -0.2) is 13.2 Å². The summed E-state index contributed by atoms with van der Waals surface area (Å²) in [5.41, 5.74) is 0. The lowest BCUT2D eigenvalue weighted by Crippen LogP contribution is -2.39. The van der Waals surface area contributed by atoms with E-state index in [2.05, 4.69) is 0 Å². The van der Waals surface area contributed by atoms with Crippen molar-refractivity contribution in [2.45, 2.75) is 37.4 Å². The first kappa shape index (κ1) is 13.3. The summed E-state index contributed by atoms with van der Waals surface area (Å²) in [6.07, 6.45) is -0.827. The molecule has 1 N–H and O–H groups in total. The number of aliphatic carboxylic acids is 1. The van der Waals surface area contributed by atoms with Crippen LogP contribution in [0.2, 0.25) is 0 Å². The maximum Gasteiger partial charge on any atom is 0.374 e. The van der Waals surface area contributed by atoms with Gasteiger partial charge in [0.2, 0.25) is 0 Å². The maximum atomic E-state index is 13.0. The fourth-order valence-corrected chi connectivity index (χ4v) is 3.74. The number of sulfone groups is 1. The van der Waals surface area contributed by atoms with Gasteiger partial charge in [0.25, 0.3) is 0 Å². The van der Waals surface area contributed by atoms with E-state index in [0.29, 0.717) is 0 Å². The predicted octanol–water partition coefficient (Wildman–Crippen LogP) is 1.31. The van der Waals surface area contributed by atoms with Crippen molar-refractivity contribution >= 4 is 15.8 Å². The van der Waals surface area contributed by atoms with E-state index >= 15 is 0 Å². The van der Waals surface area contributed by atoms with Crippen molar-refractivity contribution in [3.8, 4) is 0 Å². The molecular formula is C9H14F2O4S. The third-order valence-corrected chi connectivity index (χ3v) is 6.05. The molecule has 1 atom stereocenters. The Morgan fingerprint density at radius 2 is 2.00 bits per heavy atom. The molecule has 0 bridgehead atoms. The molecule has 0 aliphatic carbocycles. The molecule has 1 fully saturated rings. The zero-order valence-corrected chi connectivity index (χ0v) is 9.85. The smallest absolute Gasteiger partial charge is 0.374 e. The van der Waals surface area contributed by atoms with E-state index in [1.54, 1.807) is 0 Å². The predicted molar refractivity (Wildman–Crippen MR) is 53.2 cm³/mol. The van der Waals surface area contributed by atoms with E-state index in [1.807, 2.05) is 0 Å². The number of carbonyl (C=O) groups is 1. The number of carboxylic acids is 1. The summed E-state index contributed by atoms with van der Waals surface area (Å²) in [5, 5.41) is 8.30. The molecule has 1 heterocycles. The van der Waals surface area contributed by atoms with Crippen LogP contribution in [0, 0.1) is 5.92 Å². The molecule has 0 aromatic rings. The van der Waals surface area contributed by atoms with Gasteiger partial charge in [-0.05, 0) is 26.2 Å². The van der Waals surface area contributed by atoms with E-state index < -0.39 is 38.8 Å². The van der Waals surface area contributed by atoms with Gasteiger partial charge < -0.3 is 5.11 Å². The number of carboxylic acid groups (broad SMARTS) is 1. The molecule has 94 valence electrons. The number of hydrogen-bond donors (Lipinski definition) is 1. The van der Waals surface area contributed by atoms with E-state index in [0.717, 1.165) is 0 Å². The van der Waals surface area contributed by atoms with Crippen LogP contribution in [0.3, 0.4) is 0 Å². The second-order valence-corrected chi connectivity index (χ2v) is 7.31. The Bertz CT molecular complexity index is 400. The van der Waals surface area contributed by atoms with Crippen LogP contribution in [0.25, 0.3) is 0 Å². The van der Waals surface area contributed by atoms with Gasteiger partial charge in [0, 0.05) is 6.42 Å². The molecule has 16 heavy (non-hydrogen) atoms. The largest absolute Gasteiger partial charge is 0.477 e. The first-order chi connectivity index (χ1) is 7.01. The Hall–Kier alpha value is -0.720. The molecule has 0 aromatic carbocycles. The van der Waals surface area contributed by atoms with Crippen molar-refractivity contribution in [3.63, 3.8) is 0 Å². The molecule has 1 unspecified atom stereocenters. The van der Waals surface area contributed by atoms with Crippen LogP contribution < -0.4 is 0 Å². The molecule has 0 saturated carbocycles. The van der Waals surface area contributed by atoms with Gasteiger partial charge in [0.05, 0.1) is 10.5 Å². The second kappa shape index (κ2) is 3.65. The number of alkyl halides is 2. The van der Waals surface area contributed by atoms with E-state index in [-0.39, 0.29) is 12.2 Å². The van der Waals surface area contributed by atoms with Gasteiger partial charge in [-0.2, -0.15) is 8.78 Å². The summed E-state index contributed by atoms with van der Waals surface area (Å²) < 4.78 is 47.8. The van der Waals surface area contributed by atoms with Gasteiger partial charge in [-0.15, -0.1) is 0 Å². The summed E-state index contributed by atoms with van der Waals surface area (Å²) in [6, 6.07) is 0. The monoisotopic (exact) mass is 256 g/mol. The second-order valence-electron chi connectivity index (χ2n) is 4.62. The summed E-state index contributed by atoms with van der Waals surface area (Å²) >= 11 is 0. The van der Waals surface area contributed by atoms with Crippen molar-refractivity contribution in [3.05, 3.63) is 0 Å². The van der Waals surface area contributed by atoms with Crippen LogP contribution >= 0.6 is 0 Å². The van der Waals surface area contributed by atoms with Crippen molar-refractivity contribution in [2.75, 3.05) is 5.75 Å². The Labute approximate surface area is 92.6 Å². The van der Waals surface area contributed by atoms with Gasteiger partial charge >= 0.3 is 11.9 Å². The topological polar surface area (TPSA) is 71.4 Å². The van der Waals surface area contributed by atoms with Crippen LogP contribution in [0.5, 0.6) is 0 Å². The van der Waals surface area contributed by atoms with Crippen LogP contribution in [-0.4, -0.2) is 35.9 Å². The summed E-state index contributed by atoms with van der Waals surface area (Å²) in [6.45, 7) is 2.75. The van der Waals surface area contributed by atoms with Crippen LogP contribution in [-0.2, 0) is 14.6 Å². The van der Waals surface area contributed by atoms with Crippen molar-refractivity contribution < 1.29 is 27.1 Å². The highest BCUT2D eigenvalue weighted by atomic mass is 32.2. The lowest BCUT2D eigenvalue weighted by Gasteiger charge is -2.27. The van der Waals surface area contributed by atoms with Crippen LogP contribution in [0.1, 0.15) is 26.7 Å². The molecule has 0 amide bonds. The minimum Gasteiger partial charge on any atom is -0.477 e. The highest BCUT2D eigenvalue weighted by molar-refractivity contribution is 7.93. The highest BCUT2D eigenvalue weighted by Crippen LogP contribution is 2.42. The fourth-order valence-electron chi connectivity index (χ4n) is 1.91. The summed E-state index contributed by atoms with van der Waals surface area (Å²) in [5.74, 6) is -7.03. The maximum absolute atomic E-state index is 13.0. The van der Waals surface area contributed by atoms with Gasteiger partial charge in [-0.1, -0.05) is 0 Å². The third kappa shape index (κ3) is 2.05. The number of rotatable bonds is 3. The average Bonchev–Trinajstić information content (AvgIpc) is 2.27. The zero-order valence-electron chi connectivity index (χ0n) is 9.03. The summed E-state index contributed by atoms with van der Waals surface area (Å²) in [4.78, 5) is 10.3. The molecular weight excluding hydrogens is 242 g/mol. The van der Waals surface area contributed by atoms with E-state index in [1.165, 1.54) is 13.8 Å². The minimum absolute atomic E-state index is 0.0954. The fraction of sp³-hybridized carbons (Fsp3) is 0.889. The quantitative estimate of drug-likeness (QED) is 0.826. The lowest BCUT2D eigenvalue weighted by atomic mass is 9.87. The molecule has 1 saturated heterocycles. The molecule has 1 aliphatic rings. The zero-order chi connectivity index (χ0) is 12.8. The van der Waals surface area contributed by atoms with E-state index in [9.17, 15) is 22.0 Å². The normalized spacial score (nSPS) is 27.9. The van der Waals surface area contributed by atoms with Crippen molar-refractivity contribution in [2.24, 2.45) is 5.92 Å². The molecule has 0 aromatic heterocycles. The highest BCUT2D eigenvalue weighted by Gasteiger charge is 2.53. The Morgan fingerprint density at radius 3 is 2.31 bits per heavy atom. The third-order valence-electron chi connectivity index (χ3n) is 3.34. The van der Waals surface area contributed by atoms with Crippen molar-refractivity contribution in [1.29, 1.82) is 0 Å². The molecule has 1 aliphatic heterocycles. The molecule has 4 nitrogen and oxygen atoms in total. The first-order valence-electron chi connectivity index (χ1n) is 4.84. The lowest BCUT2D eigenvalue weighted by molar-refractivity contribution is -0.167. The van der Waals surface area contributed by atoms with Gasteiger partial charge in [0.15, 0.2) is 9.84 Å². The first-order valence-corrected chi connectivity index (χ1v) is 6.49. The van der Waals surface area contributed by atoms with Crippen LogP contribution in [0.15, 0.2) is 0 Å². The van der Waals surface area contributed by atoms with Crippen molar-refractivity contribution in [1.82, 2.24) is 0 Å². The molecule has 7 heteroatoms. The molecule has 1 rings (SSSR count). The number of halogens is 2. The summed E-state index contributed by atoms with van der Waals surface area (Å²) in [7, 11) is -3.40. The molecule has 0 spiro atoms. The average molecular weight is 256 g/mol. The molecule has 0 radical (unpaired) electrons. The van der Waals surface area contributed by atoms with E-state index in [4.69, 9.17) is 5.11 Å². The minimum atomic E-state index is -3.86. The van der Waals surface area contributed by atoms with Gasteiger partial charge in [0.1, 0.15) is 0 Å². The number of hydrogen-bond acceptors (Lipinski definition) is 3. The standard InChI is InChI=1S/C9H14F2O4S/c1-8(2)6(3-4-16(8,14)15)5-9(10,11)7(12)13/h6H,3-5H2,1-2H3,(H,12,13). The SMILES string of the molecule is CC1(C)C(CC(F)(F)C(=O)O)CCS1(=O)=O. The Balaban J connectivity index is 2.91. The van der Waals surface area contributed by atoms with Gasteiger partial charge in [-0.3, -0.25) is 0 Å².